The zero-order chi connectivity index (χ0) is 12.1. The Bertz CT molecular complexity index is 295. The van der Waals surface area contributed by atoms with Crippen molar-refractivity contribution in [1.29, 1.82) is 0 Å². The van der Waals surface area contributed by atoms with Crippen LogP contribution in [0.15, 0.2) is 0 Å². The third kappa shape index (κ3) is 1.84. The third-order valence-electron chi connectivity index (χ3n) is 3.94. The first-order valence-corrected chi connectivity index (χ1v) is 6.05. The molecule has 4 unspecified atom stereocenters. The number of amides is 1. The maximum atomic E-state index is 12.3. The lowest BCUT2D eigenvalue weighted by molar-refractivity contribution is -0.145. The van der Waals surface area contributed by atoms with E-state index in [0.717, 1.165) is 0 Å². The van der Waals surface area contributed by atoms with E-state index in [1.54, 1.807) is 0 Å². The van der Waals surface area contributed by atoms with Gasteiger partial charge < -0.3 is 15.4 Å². The van der Waals surface area contributed by atoms with E-state index < -0.39 is 0 Å². The van der Waals surface area contributed by atoms with Gasteiger partial charge in [0.2, 0.25) is 5.91 Å². The second kappa shape index (κ2) is 3.70. The van der Waals surface area contributed by atoms with Crippen molar-refractivity contribution in [3.05, 3.63) is 0 Å². The average Bonchev–Trinajstić information content (AvgIpc) is 2.36. The van der Waals surface area contributed by atoms with Gasteiger partial charge in [-0.15, -0.1) is 0 Å². The lowest BCUT2D eigenvalue weighted by atomic mass is 9.85. The summed E-state index contributed by atoms with van der Waals surface area (Å²) in [4.78, 5) is 14.1. The van der Waals surface area contributed by atoms with Crippen molar-refractivity contribution in [1.82, 2.24) is 4.90 Å². The minimum Gasteiger partial charge on any atom is -0.374 e. The molecule has 0 aromatic carbocycles. The van der Waals surface area contributed by atoms with E-state index in [1.807, 2.05) is 25.7 Å². The molecule has 0 aromatic heterocycles. The van der Waals surface area contributed by atoms with Gasteiger partial charge in [-0.3, -0.25) is 4.79 Å². The fraction of sp³-hybridized carbons (Fsp3) is 0.917. The fourth-order valence-corrected chi connectivity index (χ4v) is 2.88. The third-order valence-corrected chi connectivity index (χ3v) is 3.94. The summed E-state index contributed by atoms with van der Waals surface area (Å²) in [7, 11) is 0. The van der Waals surface area contributed by atoms with Crippen molar-refractivity contribution in [2.75, 3.05) is 13.1 Å². The minimum atomic E-state index is -0.187. The second-order valence-electron chi connectivity index (χ2n) is 5.78. The molecule has 2 rings (SSSR count). The molecule has 16 heavy (non-hydrogen) atoms. The van der Waals surface area contributed by atoms with E-state index in [2.05, 4.69) is 6.92 Å². The van der Waals surface area contributed by atoms with Gasteiger partial charge in [0.15, 0.2) is 0 Å². The van der Waals surface area contributed by atoms with E-state index in [9.17, 15) is 4.79 Å². The van der Waals surface area contributed by atoms with Crippen molar-refractivity contribution in [3.8, 4) is 0 Å². The van der Waals surface area contributed by atoms with Crippen molar-refractivity contribution < 1.29 is 9.53 Å². The summed E-state index contributed by atoms with van der Waals surface area (Å²) >= 11 is 0. The molecule has 2 heterocycles. The predicted molar refractivity (Wildman–Crippen MR) is 61.8 cm³/mol. The van der Waals surface area contributed by atoms with Crippen LogP contribution in [0.3, 0.4) is 0 Å². The van der Waals surface area contributed by atoms with Crippen LogP contribution in [0, 0.1) is 11.8 Å². The summed E-state index contributed by atoms with van der Waals surface area (Å²) in [5.41, 5.74) is 5.73. The van der Waals surface area contributed by atoms with Crippen LogP contribution in [0.1, 0.15) is 27.7 Å². The summed E-state index contributed by atoms with van der Waals surface area (Å²) in [5.74, 6) is 0.519. The summed E-state index contributed by atoms with van der Waals surface area (Å²) in [6.07, 6.45) is 0.205. The molecule has 2 N–H and O–H groups in total. The molecule has 1 amide bonds. The Morgan fingerprint density at radius 3 is 2.25 bits per heavy atom. The minimum absolute atomic E-state index is 0.00565. The first kappa shape index (κ1) is 11.9. The lowest BCUT2D eigenvalue weighted by Gasteiger charge is -2.47. The van der Waals surface area contributed by atoms with Crippen molar-refractivity contribution >= 4 is 5.91 Å². The lowest BCUT2D eigenvalue weighted by Crippen LogP contribution is -2.68. The number of ether oxygens (including phenoxy) is 1. The molecule has 0 radical (unpaired) electrons. The first-order chi connectivity index (χ1) is 7.32. The predicted octanol–water partition coefficient (Wildman–Crippen LogP) is 0.606. The van der Waals surface area contributed by atoms with Crippen LogP contribution in [-0.2, 0) is 9.53 Å². The van der Waals surface area contributed by atoms with Gasteiger partial charge in [0.25, 0.3) is 0 Å². The van der Waals surface area contributed by atoms with Crippen LogP contribution >= 0.6 is 0 Å². The maximum Gasteiger partial charge on any atom is 0.228 e. The molecule has 0 bridgehead atoms. The number of nitrogens with two attached hydrogens (primary N) is 1. The Balaban J connectivity index is 2.00. The van der Waals surface area contributed by atoms with Gasteiger partial charge in [0.05, 0.1) is 18.1 Å². The largest absolute Gasteiger partial charge is 0.374 e. The normalized spacial score (nSPS) is 41.9. The maximum absolute atomic E-state index is 12.3. The van der Waals surface area contributed by atoms with Crippen molar-refractivity contribution in [2.45, 2.75) is 45.4 Å². The number of nitrogens with zero attached hydrogens (tertiary/aromatic N) is 1. The Hall–Kier alpha value is -0.610. The molecule has 92 valence electrons. The van der Waals surface area contributed by atoms with Gasteiger partial charge in [-0.2, -0.15) is 0 Å². The number of carbonyl (C=O) groups excluding carboxylic acids is 1. The quantitative estimate of drug-likeness (QED) is 0.712. The van der Waals surface area contributed by atoms with Gasteiger partial charge in [0, 0.05) is 18.6 Å². The highest BCUT2D eigenvalue weighted by Crippen LogP contribution is 2.35. The number of hydrogen-bond donors (Lipinski definition) is 1. The van der Waals surface area contributed by atoms with E-state index in [0.29, 0.717) is 19.0 Å². The Labute approximate surface area is 97.1 Å². The molecule has 2 aliphatic rings. The van der Waals surface area contributed by atoms with Crippen molar-refractivity contribution in [2.24, 2.45) is 17.6 Å². The number of carbonyl (C=O) groups is 1. The highest BCUT2D eigenvalue weighted by Gasteiger charge is 2.47. The summed E-state index contributed by atoms with van der Waals surface area (Å²) in [6.45, 7) is 9.46. The van der Waals surface area contributed by atoms with Crippen LogP contribution in [0.25, 0.3) is 0 Å². The highest BCUT2D eigenvalue weighted by atomic mass is 16.5. The van der Waals surface area contributed by atoms with Gasteiger partial charge >= 0.3 is 0 Å². The van der Waals surface area contributed by atoms with Gasteiger partial charge in [-0.1, -0.05) is 6.92 Å². The van der Waals surface area contributed by atoms with E-state index in [-0.39, 0.29) is 29.6 Å². The van der Waals surface area contributed by atoms with E-state index in [4.69, 9.17) is 10.5 Å². The number of rotatable bonds is 1. The summed E-state index contributed by atoms with van der Waals surface area (Å²) < 4.78 is 5.70. The highest BCUT2D eigenvalue weighted by molar-refractivity contribution is 5.81. The van der Waals surface area contributed by atoms with Crippen LogP contribution in [-0.4, -0.2) is 41.6 Å². The monoisotopic (exact) mass is 226 g/mol. The zero-order valence-electron chi connectivity index (χ0n) is 10.6. The van der Waals surface area contributed by atoms with Crippen LogP contribution < -0.4 is 5.73 Å². The van der Waals surface area contributed by atoms with Crippen LogP contribution in [0.2, 0.25) is 0 Å². The first-order valence-electron chi connectivity index (χ1n) is 6.05. The van der Waals surface area contributed by atoms with Crippen LogP contribution in [0.4, 0.5) is 0 Å². The molecule has 4 heteroatoms. The average molecular weight is 226 g/mol. The molecule has 0 saturated carbocycles. The van der Waals surface area contributed by atoms with E-state index >= 15 is 0 Å². The smallest absolute Gasteiger partial charge is 0.228 e. The Morgan fingerprint density at radius 2 is 1.88 bits per heavy atom. The van der Waals surface area contributed by atoms with Gasteiger partial charge in [-0.05, 0) is 26.7 Å². The standard InChI is InChI=1S/C12H22N2O2/c1-7-8(2)16-9(3)10(7)11(15)14-5-12(4,13)6-14/h7-10H,5-6,13H2,1-4H3. The van der Waals surface area contributed by atoms with Gasteiger partial charge in [-0.25, -0.2) is 0 Å². The second-order valence-corrected chi connectivity index (χ2v) is 5.78. The molecule has 2 aliphatic heterocycles. The number of likely N-dealkylation sites (tertiary alicyclic amines) is 1. The summed E-state index contributed by atoms with van der Waals surface area (Å²) in [6, 6.07) is 0. The molecular formula is C12H22N2O2. The van der Waals surface area contributed by atoms with Gasteiger partial charge in [0.1, 0.15) is 0 Å². The molecule has 4 nitrogen and oxygen atoms in total. The topological polar surface area (TPSA) is 55.6 Å². The van der Waals surface area contributed by atoms with Crippen LogP contribution in [0.5, 0.6) is 0 Å². The van der Waals surface area contributed by atoms with Crippen molar-refractivity contribution in [3.63, 3.8) is 0 Å². The SMILES string of the molecule is CC1OC(C)C(C(=O)N2CC(C)(N)C2)C1C. The Kier molecular flexibility index (Phi) is 2.75. The Morgan fingerprint density at radius 1 is 1.31 bits per heavy atom. The molecule has 2 fully saturated rings. The number of hydrogen-bond acceptors (Lipinski definition) is 3. The molecule has 4 atom stereocenters. The summed E-state index contributed by atoms with van der Waals surface area (Å²) in [5, 5.41) is 0. The zero-order valence-corrected chi connectivity index (χ0v) is 10.6. The van der Waals surface area contributed by atoms with E-state index in [1.165, 1.54) is 0 Å². The molecule has 0 aliphatic carbocycles. The molecular weight excluding hydrogens is 204 g/mol. The molecule has 0 spiro atoms. The fourth-order valence-electron chi connectivity index (χ4n) is 2.88. The molecule has 0 aromatic rings. The molecule has 2 saturated heterocycles.